The molecule has 0 amide bonds. The highest BCUT2D eigenvalue weighted by atomic mass is 16.8. The Morgan fingerprint density at radius 2 is 1.94 bits per heavy atom. The van der Waals surface area contributed by atoms with Gasteiger partial charge in [0.1, 0.15) is 11.9 Å². The van der Waals surface area contributed by atoms with Gasteiger partial charge in [0.2, 0.25) is 0 Å². The second-order valence-corrected chi connectivity index (χ2v) is 6.97. The predicted octanol–water partition coefficient (Wildman–Crippen LogP) is 2.45. The van der Waals surface area contributed by atoms with Crippen molar-refractivity contribution >= 4 is 5.78 Å². The van der Waals surface area contributed by atoms with Crippen molar-refractivity contribution in [3.63, 3.8) is 0 Å². The molecule has 1 heterocycles. The van der Waals surface area contributed by atoms with E-state index in [1.807, 2.05) is 19.9 Å². The minimum absolute atomic E-state index is 0.0112. The molecule has 0 radical (unpaired) electrons. The van der Waals surface area contributed by atoms with Gasteiger partial charge in [-0.25, -0.2) is 0 Å². The van der Waals surface area contributed by atoms with E-state index in [2.05, 4.69) is 13.0 Å². The monoisotopic (exact) mass is 248 g/mol. The van der Waals surface area contributed by atoms with Crippen LogP contribution in [-0.2, 0) is 14.3 Å². The van der Waals surface area contributed by atoms with E-state index in [-0.39, 0.29) is 29.0 Å². The van der Waals surface area contributed by atoms with E-state index < -0.39 is 5.79 Å². The fourth-order valence-corrected chi connectivity index (χ4v) is 5.04. The van der Waals surface area contributed by atoms with Crippen LogP contribution in [0, 0.1) is 16.7 Å². The largest absolute Gasteiger partial charge is 0.344 e. The highest BCUT2D eigenvalue weighted by molar-refractivity contribution is 5.98. The summed E-state index contributed by atoms with van der Waals surface area (Å²) in [4.78, 5) is 12.4. The zero-order valence-corrected chi connectivity index (χ0v) is 11.2. The number of hydrogen-bond donors (Lipinski definition) is 0. The molecule has 1 unspecified atom stereocenters. The Bertz CT molecular complexity index is 466. The van der Waals surface area contributed by atoms with E-state index in [0.29, 0.717) is 5.78 Å². The van der Waals surface area contributed by atoms with Crippen molar-refractivity contribution in [2.45, 2.75) is 58.0 Å². The second-order valence-electron chi connectivity index (χ2n) is 6.97. The lowest BCUT2D eigenvalue weighted by Crippen LogP contribution is -2.69. The van der Waals surface area contributed by atoms with Gasteiger partial charge in [0.15, 0.2) is 5.79 Å². The van der Waals surface area contributed by atoms with Crippen molar-refractivity contribution < 1.29 is 14.3 Å². The van der Waals surface area contributed by atoms with Gasteiger partial charge in [-0.05, 0) is 26.7 Å². The Balaban J connectivity index is 1.83. The van der Waals surface area contributed by atoms with Crippen LogP contribution in [0.15, 0.2) is 12.2 Å². The molecule has 0 aromatic rings. The summed E-state index contributed by atoms with van der Waals surface area (Å²) in [7, 11) is 0. The molecular formula is C15H20O3. The first kappa shape index (κ1) is 11.2. The summed E-state index contributed by atoms with van der Waals surface area (Å²) in [6, 6.07) is 0. The molecule has 1 aliphatic heterocycles. The SMILES string of the molecule is CC1(C)O[C@H]2C=C[C@@H]3C(=O)C4(C)CCC[C@@]34[C@H]2O1. The number of rotatable bonds is 0. The van der Waals surface area contributed by atoms with Crippen LogP contribution >= 0.6 is 0 Å². The van der Waals surface area contributed by atoms with Crippen LogP contribution in [0.2, 0.25) is 0 Å². The summed E-state index contributed by atoms with van der Waals surface area (Å²) >= 11 is 0. The first-order chi connectivity index (χ1) is 8.41. The Labute approximate surface area is 108 Å². The highest BCUT2D eigenvalue weighted by Gasteiger charge is 2.76. The lowest BCUT2D eigenvalue weighted by atomic mass is 9.41. The minimum Gasteiger partial charge on any atom is -0.344 e. The van der Waals surface area contributed by atoms with Crippen molar-refractivity contribution in [1.82, 2.24) is 0 Å². The topological polar surface area (TPSA) is 35.5 Å². The zero-order valence-electron chi connectivity index (χ0n) is 11.2. The Morgan fingerprint density at radius 3 is 2.72 bits per heavy atom. The maximum absolute atomic E-state index is 12.4. The lowest BCUT2D eigenvalue weighted by Gasteiger charge is -2.61. The lowest BCUT2D eigenvalue weighted by molar-refractivity contribution is -0.204. The standard InChI is InChI=1S/C15H20O3/c1-13(2)17-10-6-5-9-11(16)14(3)7-4-8-15(9,14)12(10)18-13/h5-6,9-10,12H,4,7-8H2,1-3H3/t9-,10+,12+,14?,15+/m1/s1. The molecule has 5 atom stereocenters. The van der Waals surface area contributed by atoms with Gasteiger partial charge in [-0.15, -0.1) is 0 Å². The highest BCUT2D eigenvalue weighted by Crippen LogP contribution is 2.72. The molecule has 3 aliphatic carbocycles. The third kappa shape index (κ3) is 0.958. The molecule has 18 heavy (non-hydrogen) atoms. The van der Waals surface area contributed by atoms with Crippen LogP contribution in [0.4, 0.5) is 0 Å². The molecule has 0 aromatic carbocycles. The van der Waals surface area contributed by atoms with E-state index >= 15 is 0 Å². The molecule has 4 rings (SSSR count). The summed E-state index contributed by atoms with van der Waals surface area (Å²) in [5.41, 5.74) is -0.160. The van der Waals surface area contributed by atoms with Gasteiger partial charge >= 0.3 is 0 Å². The zero-order chi connectivity index (χ0) is 12.8. The third-order valence-electron chi connectivity index (χ3n) is 5.81. The van der Waals surface area contributed by atoms with Crippen LogP contribution in [-0.4, -0.2) is 23.8 Å². The summed E-state index contributed by atoms with van der Waals surface area (Å²) < 4.78 is 12.1. The minimum atomic E-state index is -0.522. The van der Waals surface area contributed by atoms with E-state index in [0.717, 1.165) is 19.3 Å². The summed E-state index contributed by atoms with van der Waals surface area (Å²) in [5.74, 6) is -0.0300. The Morgan fingerprint density at radius 1 is 1.17 bits per heavy atom. The van der Waals surface area contributed by atoms with Crippen molar-refractivity contribution in [2.24, 2.45) is 16.7 Å². The molecule has 3 fully saturated rings. The predicted molar refractivity (Wildman–Crippen MR) is 65.9 cm³/mol. The van der Waals surface area contributed by atoms with E-state index in [4.69, 9.17) is 9.47 Å². The number of Topliss-reactive ketones (excluding diaryl/α,β-unsaturated/α-hetero) is 1. The average Bonchev–Trinajstić information content (AvgIpc) is 2.76. The van der Waals surface area contributed by atoms with E-state index in [1.165, 1.54) is 0 Å². The van der Waals surface area contributed by atoms with Gasteiger partial charge in [0.05, 0.1) is 6.10 Å². The van der Waals surface area contributed by atoms with Crippen LogP contribution in [0.3, 0.4) is 0 Å². The quantitative estimate of drug-likeness (QED) is 0.618. The van der Waals surface area contributed by atoms with Gasteiger partial charge < -0.3 is 9.47 Å². The van der Waals surface area contributed by atoms with Gasteiger partial charge in [0.25, 0.3) is 0 Å². The first-order valence-electron chi connectivity index (χ1n) is 6.99. The number of fused-ring (bicyclic) bond motifs is 1. The maximum Gasteiger partial charge on any atom is 0.164 e. The van der Waals surface area contributed by atoms with Crippen molar-refractivity contribution in [2.75, 3.05) is 0 Å². The van der Waals surface area contributed by atoms with Crippen molar-refractivity contribution in [1.29, 1.82) is 0 Å². The van der Waals surface area contributed by atoms with Gasteiger partial charge in [-0.2, -0.15) is 0 Å². The second kappa shape index (κ2) is 2.91. The molecule has 1 spiro atoms. The molecule has 1 saturated heterocycles. The normalized spacial score (nSPS) is 55.7. The number of ketones is 1. The summed E-state index contributed by atoms with van der Waals surface area (Å²) in [6.07, 6.45) is 7.48. The smallest absolute Gasteiger partial charge is 0.164 e. The molecule has 2 saturated carbocycles. The molecular weight excluding hydrogens is 228 g/mol. The van der Waals surface area contributed by atoms with Crippen molar-refractivity contribution in [3.8, 4) is 0 Å². The average molecular weight is 248 g/mol. The number of hydrogen-bond acceptors (Lipinski definition) is 3. The van der Waals surface area contributed by atoms with Crippen LogP contribution in [0.25, 0.3) is 0 Å². The molecule has 3 heteroatoms. The van der Waals surface area contributed by atoms with Crippen LogP contribution < -0.4 is 0 Å². The number of allylic oxidation sites excluding steroid dienone is 1. The number of carbonyl (C=O) groups is 1. The molecule has 0 aromatic heterocycles. The van der Waals surface area contributed by atoms with Crippen LogP contribution in [0.1, 0.15) is 40.0 Å². The summed E-state index contributed by atoms with van der Waals surface area (Å²) in [6.45, 7) is 6.08. The molecule has 98 valence electrons. The van der Waals surface area contributed by atoms with Crippen molar-refractivity contribution in [3.05, 3.63) is 12.2 Å². The first-order valence-corrected chi connectivity index (χ1v) is 6.99. The molecule has 4 aliphatic rings. The maximum atomic E-state index is 12.4. The number of ether oxygens (including phenoxy) is 2. The van der Waals surface area contributed by atoms with Gasteiger partial charge in [-0.1, -0.05) is 25.5 Å². The number of carbonyl (C=O) groups excluding carboxylic acids is 1. The van der Waals surface area contributed by atoms with Crippen LogP contribution in [0.5, 0.6) is 0 Å². The fraction of sp³-hybridized carbons (Fsp3) is 0.800. The molecule has 3 nitrogen and oxygen atoms in total. The van der Waals surface area contributed by atoms with E-state index in [9.17, 15) is 4.79 Å². The Hall–Kier alpha value is -0.670. The van der Waals surface area contributed by atoms with Gasteiger partial charge in [-0.3, -0.25) is 4.79 Å². The third-order valence-corrected chi connectivity index (χ3v) is 5.81. The van der Waals surface area contributed by atoms with E-state index in [1.54, 1.807) is 0 Å². The Kier molecular flexibility index (Phi) is 1.81. The summed E-state index contributed by atoms with van der Waals surface area (Å²) in [5, 5.41) is 0. The van der Waals surface area contributed by atoms with Gasteiger partial charge in [0, 0.05) is 16.7 Å². The molecule has 0 N–H and O–H groups in total. The molecule has 0 bridgehead atoms. The fourth-order valence-electron chi connectivity index (χ4n) is 5.04.